The largest absolute Gasteiger partial charge is 0.353 e. The molecule has 1 aromatic heterocycles. The van der Waals surface area contributed by atoms with Crippen LogP contribution in [0.15, 0.2) is 29.4 Å². The average Bonchev–Trinajstić information content (AvgIpc) is 2.89. The molecular formula is C26H34N6O3S. The summed E-state index contributed by atoms with van der Waals surface area (Å²) in [6.45, 7) is 12.5. The van der Waals surface area contributed by atoms with Gasteiger partial charge in [0, 0.05) is 88.8 Å². The number of rotatable bonds is 5. The number of hydrogen-bond donors (Lipinski definition) is 0. The van der Waals surface area contributed by atoms with Crippen molar-refractivity contribution in [3.63, 3.8) is 0 Å². The number of aromatic nitrogens is 2. The molecular weight excluding hydrogens is 476 g/mol. The summed E-state index contributed by atoms with van der Waals surface area (Å²) in [6, 6.07) is 7.71. The Labute approximate surface area is 216 Å². The topological polar surface area (TPSA) is 90.0 Å². The zero-order valence-electron chi connectivity index (χ0n) is 21.5. The minimum atomic E-state index is 0.00408. The molecule has 4 rings (SSSR count). The number of carbonyl (C=O) groups excluding carboxylic acids is 3. The Hall–Kier alpha value is -3.14. The highest BCUT2D eigenvalue weighted by Crippen LogP contribution is 2.27. The van der Waals surface area contributed by atoms with Crippen molar-refractivity contribution in [1.29, 1.82) is 0 Å². The van der Waals surface area contributed by atoms with Crippen molar-refractivity contribution in [3.05, 3.63) is 46.6 Å². The SMILES string of the molecule is CC(=O)N1CCN(C(=O)c2ccc(CSc3nc(C)c(C)c(N4CCN(C(C)=O)CC4)n3)cc2)CC1. The summed E-state index contributed by atoms with van der Waals surface area (Å²) in [5.74, 6) is 1.82. The van der Waals surface area contributed by atoms with Gasteiger partial charge in [-0.3, -0.25) is 14.4 Å². The normalized spacial score (nSPS) is 16.3. The van der Waals surface area contributed by atoms with Crippen LogP contribution in [0, 0.1) is 13.8 Å². The monoisotopic (exact) mass is 510 g/mol. The van der Waals surface area contributed by atoms with Gasteiger partial charge in [0.05, 0.1) is 0 Å². The Morgan fingerprint density at radius 2 is 1.31 bits per heavy atom. The first kappa shape index (κ1) is 25.9. The molecule has 3 amide bonds. The molecule has 192 valence electrons. The van der Waals surface area contributed by atoms with Gasteiger partial charge in [-0.1, -0.05) is 23.9 Å². The van der Waals surface area contributed by atoms with Gasteiger partial charge in [0.15, 0.2) is 5.16 Å². The van der Waals surface area contributed by atoms with E-state index in [4.69, 9.17) is 4.98 Å². The summed E-state index contributed by atoms with van der Waals surface area (Å²) in [6.07, 6.45) is 0. The van der Waals surface area contributed by atoms with Crippen LogP contribution in [0.4, 0.5) is 5.82 Å². The number of carbonyl (C=O) groups is 3. The van der Waals surface area contributed by atoms with Crippen LogP contribution in [-0.2, 0) is 15.3 Å². The van der Waals surface area contributed by atoms with Crippen molar-refractivity contribution >= 4 is 35.3 Å². The zero-order valence-corrected chi connectivity index (χ0v) is 22.3. The number of nitrogens with zero attached hydrogens (tertiary/aromatic N) is 6. The molecule has 0 bridgehead atoms. The first-order chi connectivity index (χ1) is 17.2. The molecule has 2 aliphatic heterocycles. The maximum atomic E-state index is 12.9. The molecule has 2 fully saturated rings. The molecule has 9 nitrogen and oxygen atoms in total. The summed E-state index contributed by atoms with van der Waals surface area (Å²) in [5.41, 5.74) is 3.79. The lowest BCUT2D eigenvalue weighted by molar-refractivity contribution is -0.130. The Morgan fingerprint density at radius 3 is 1.86 bits per heavy atom. The second-order valence-electron chi connectivity index (χ2n) is 9.32. The number of benzene rings is 1. The van der Waals surface area contributed by atoms with Gasteiger partial charge < -0.3 is 19.6 Å². The number of amides is 3. The van der Waals surface area contributed by atoms with E-state index in [1.807, 2.05) is 47.9 Å². The summed E-state index contributed by atoms with van der Waals surface area (Å²) < 4.78 is 0. The van der Waals surface area contributed by atoms with Crippen LogP contribution in [0.1, 0.15) is 41.0 Å². The molecule has 3 heterocycles. The molecule has 2 aliphatic rings. The summed E-state index contributed by atoms with van der Waals surface area (Å²) in [5, 5.41) is 0.727. The van der Waals surface area contributed by atoms with E-state index in [0.717, 1.165) is 40.9 Å². The van der Waals surface area contributed by atoms with Crippen molar-refractivity contribution in [2.45, 2.75) is 38.6 Å². The quantitative estimate of drug-likeness (QED) is 0.451. The molecule has 1 aromatic carbocycles. The van der Waals surface area contributed by atoms with Crippen molar-refractivity contribution in [2.24, 2.45) is 0 Å². The van der Waals surface area contributed by atoms with Crippen molar-refractivity contribution in [3.8, 4) is 0 Å². The maximum absolute atomic E-state index is 12.9. The van der Waals surface area contributed by atoms with Crippen LogP contribution in [0.3, 0.4) is 0 Å². The molecule has 2 aromatic rings. The van der Waals surface area contributed by atoms with Gasteiger partial charge in [-0.05, 0) is 31.5 Å². The van der Waals surface area contributed by atoms with Crippen molar-refractivity contribution in [2.75, 3.05) is 57.3 Å². The molecule has 0 unspecified atom stereocenters. The highest BCUT2D eigenvalue weighted by molar-refractivity contribution is 7.98. The first-order valence-corrected chi connectivity index (χ1v) is 13.3. The number of anilines is 1. The van der Waals surface area contributed by atoms with Gasteiger partial charge >= 0.3 is 0 Å². The van der Waals surface area contributed by atoms with Gasteiger partial charge in [0.1, 0.15) is 5.82 Å². The first-order valence-electron chi connectivity index (χ1n) is 12.3. The number of aryl methyl sites for hydroxylation is 1. The van der Waals surface area contributed by atoms with E-state index in [9.17, 15) is 14.4 Å². The maximum Gasteiger partial charge on any atom is 0.253 e. The molecule has 0 saturated carbocycles. The molecule has 36 heavy (non-hydrogen) atoms. The fourth-order valence-corrected chi connectivity index (χ4v) is 5.33. The van der Waals surface area contributed by atoms with Crippen LogP contribution < -0.4 is 4.90 Å². The molecule has 0 aliphatic carbocycles. The third-order valence-electron chi connectivity index (χ3n) is 6.95. The van der Waals surface area contributed by atoms with Crippen LogP contribution in [0.2, 0.25) is 0 Å². The fraction of sp³-hybridized carbons (Fsp3) is 0.500. The highest BCUT2D eigenvalue weighted by Gasteiger charge is 2.24. The molecule has 10 heteroatoms. The lowest BCUT2D eigenvalue weighted by atomic mass is 10.1. The summed E-state index contributed by atoms with van der Waals surface area (Å²) in [4.78, 5) is 53.3. The average molecular weight is 511 g/mol. The van der Waals surface area contributed by atoms with Crippen molar-refractivity contribution in [1.82, 2.24) is 24.7 Å². The van der Waals surface area contributed by atoms with Crippen LogP contribution >= 0.6 is 11.8 Å². The van der Waals surface area contributed by atoms with Crippen LogP contribution in [-0.4, -0.2) is 94.7 Å². The second-order valence-corrected chi connectivity index (χ2v) is 10.3. The Balaban J connectivity index is 1.36. The van der Waals surface area contributed by atoms with Gasteiger partial charge in [0.2, 0.25) is 11.8 Å². The van der Waals surface area contributed by atoms with E-state index in [0.29, 0.717) is 50.6 Å². The molecule has 0 N–H and O–H groups in total. The number of thioether (sulfide) groups is 1. The van der Waals surface area contributed by atoms with E-state index >= 15 is 0 Å². The van der Waals surface area contributed by atoms with E-state index in [2.05, 4.69) is 9.88 Å². The molecule has 0 radical (unpaired) electrons. The molecule has 0 atom stereocenters. The van der Waals surface area contributed by atoms with Gasteiger partial charge in [0.25, 0.3) is 5.91 Å². The third-order valence-corrected chi connectivity index (χ3v) is 7.87. The molecule has 2 saturated heterocycles. The number of hydrogen-bond acceptors (Lipinski definition) is 7. The Bertz CT molecular complexity index is 1120. The Morgan fingerprint density at radius 1 is 0.778 bits per heavy atom. The number of piperazine rings is 2. The lowest BCUT2D eigenvalue weighted by Crippen LogP contribution is -2.50. The standard InChI is InChI=1S/C26H34N6O3S/c1-18-19(2)27-26(28-24(18)31-13-9-29(10-14-31)20(3)33)36-17-22-5-7-23(8-6-22)25(35)32-15-11-30(12-16-32)21(4)34/h5-8H,9-17H2,1-4H3. The van der Waals surface area contributed by atoms with Gasteiger partial charge in [-0.2, -0.15) is 0 Å². The zero-order chi connectivity index (χ0) is 25.8. The van der Waals surface area contributed by atoms with Gasteiger partial charge in [-0.25, -0.2) is 9.97 Å². The summed E-state index contributed by atoms with van der Waals surface area (Å²) >= 11 is 1.58. The smallest absolute Gasteiger partial charge is 0.253 e. The van der Waals surface area contributed by atoms with Crippen molar-refractivity contribution < 1.29 is 14.4 Å². The lowest BCUT2D eigenvalue weighted by Gasteiger charge is -2.35. The van der Waals surface area contributed by atoms with E-state index in [1.54, 1.807) is 30.5 Å². The van der Waals surface area contributed by atoms with E-state index in [1.165, 1.54) is 0 Å². The highest BCUT2D eigenvalue weighted by atomic mass is 32.2. The van der Waals surface area contributed by atoms with Crippen LogP contribution in [0.25, 0.3) is 0 Å². The second kappa shape index (κ2) is 11.3. The summed E-state index contributed by atoms with van der Waals surface area (Å²) in [7, 11) is 0. The molecule has 0 spiro atoms. The Kier molecular flexibility index (Phi) is 8.13. The predicted octanol–water partition coefficient (Wildman–Crippen LogP) is 2.36. The fourth-order valence-electron chi connectivity index (χ4n) is 4.49. The van der Waals surface area contributed by atoms with Crippen LogP contribution in [0.5, 0.6) is 0 Å². The minimum absolute atomic E-state index is 0.00408. The third kappa shape index (κ3) is 5.98. The van der Waals surface area contributed by atoms with E-state index in [-0.39, 0.29) is 17.7 Å². The predicted molar refractivity (Wildman–Crippen MR) is 140 cm³/mol. The minimum Gasteiger partial charge on any atom is -0.353 e. The van der Waals surface area contributed by atoms with Gasteiger partial charge in [-0.15, -0.1) is 0 Å². The van der Waals surface area contributed by atoms with E-state index < -0.39 is 0 Å².